The average Bonchev–Trinajstić information content (AvgIpc) is 2.46. The van der Waals surface area contributed by atoms with Crippen LogP contribution in [0, 0.1) is 0 Å². The summed E-state index contributed by atoms with van der Waals surface area (Å²) in [4.78, 5) is 0. The van der Waals surface area contributed by atoms with Crippen molar-refractivity contribution < 1.29 is 9.09 Å². The number of alkyl halides is 1. The smallest absolute Gasteiger partial charge is 0.261 e. The van der Waals surface area contributed by atoms with Crippen molar-refractivity contribution in [3.63, 3.8) is 0 Å². The van der Waals surface area contributed by atoms with E-state index in [1.807, 2.05) is 30.3 Å². The van der Waals surface area contributed by atoms with Gasteiger partial charge in [0.1, 0.15) is 0 Å². The molecule has 0 aliphatic rings. The first-order valence-corrected chi connectivity index (χ1v) is 8.91. The Bertz CT molecular complexity index is 572. The van der Waals surface area contributed by atoms with Gasteiger partial charge in [-0.3, -0.25) is 4.57 Å². The summed E-state index contributed by atoms with van der Waals surface area (Å²) in [6, 6.07) is 16.2. The minimum Gasteiger partial charge on any atom is -0.321 e. The second-order valence-corrected chi connectivity index (χ2v) is 7.51. The van der Waals surface area contributed by atoms with Crippen molar-refractivity contribution in [2.75, 3.05) is 11.9 Å². The van der Waals surface area contributed by atoms with Crippen molar-refractivity contribution >= 4 is 45.5 Å². The number of rotatable bonds is 5. The summed E-state index contributed by atoms with van der Waals surface area (Å²) >= 11 is 9.17. The molecule has 0 bridgehead atoms. The normalized spacial score (nSPS) is 14.0. The maximum absolute atomic E-state index is 13.2. The molecule has 0 amide bonds. The van der Waals surface area contributed by atoms with E-state index in [4.69, 9.17) is 16.1 Å². The molecular weight excluding hydrogens is 346 g/mol. The van der Waals surface area contributed by atoms with Crippen molar-refractivity contribution in [1.82, 2.24) is 0 Å². The molecule has 5 heteroatoms. The van der Waals surface area contributed by atoms with Gasteiger partial charge in [0.2, 0.25) is 0 Å². The zero-order valence-electron chi connectivity index (χ0n) is 10.1. The van der Waals surface area contributed by atoms with Gasteiger partial charge >= 0.3 is 0 Å². The fourth-order valence-corrected chi connectivity index (χ4v) is 4.31. The molecule has 0 spiro atoms. The van der Waals surface area contributed by atoms with Gasteiger partial charge in [0.15, 0.2) is 0 Å². The van der Waals surface area contributed by atoms with E-state index in [-0.39, 0.29) is 0 Å². The highest BCUT2D eigenvalue weighted by Crippen LogP contribution is 2.44. The summed E-state index contributed by atoms with van der Waals surface area (Å²) < 4.78 is 18.9. The summed E-state index contributed by atoms with van der Waals surface area (Å²) in [6.07, 6.45) is 0. The van der Waals surface area contributed by atoms with Crippen LogP contribution in [0.1, 0.15) is 0 Å². The molecule has 2 nitrogen and oxygen atoms in total. The Balaban J connectivity index is 2.46. The van der Waals surface area contributed by atoms with Crippen LogP contribution < -0.4 is 10.6 Å². The quantitative estimate of drug-likeness (QED) is 0.596. The van der Waals surface area contributed by atoms with Gasteiger partial charge in [0, 0.05) is 21.0 Å². The maximum atomic E-state index is 13.2. The van der Waals surface area contributed by atoms with Gasteiger partial charge in [0.25, 0.3) is 7.37 Å². The lowest BCUT2D eigenvalue weighted by Gasteiger charge is -2.19. The monoisotopic (exact) mass is 358 g/mol. The highest BCUT2D eigenvalue weighted by Gasteiger charge is 2.28. The van der Waals surface area contributed by atoms with E-state index in [1.54, 1.807) is 24.3 Å². The first-order chi connectivity index (χ1) is 9.16. The molecule has 0 aliphatic carbocycles. The first kappa shape index (κ1) is 14.8. The lowest BCUT2D eigenvalue weighted by Crippen LogP contribution is -2.18. The Morgan fingerprint density at radius 2 is 1.58 bits per heavy atom. The third kappa shape index (κ3) is 3.49. The van der Waals surface area contributed by atoms with Crippen molar-refractivity contribution in [1.29, 1.82) is 0 Å². The summed E-state index contributed by atoms with van der Waals surface area (Å²) in [7, 11) is -3.05. The predicted molar refractivity (Wildman–Crippen MR) is 84.5 cm³/mol. The summed E-state index contributed by atoms with van der Waals surface area (Å²) in [5.41, 5.74) is 0. The van der Waals surface area contributed by atoms with Gasteiger partial charge < -0.3 is 4.52 Å². The minimum atomic E-state index is -3.05. The lowest BCUT2D eigenvalue weighted by molar-refractivity contribution is 0.352. The topological polar surface area (TPSA) is 26.3 Å². The number of halogens is 2. The largest absolute Gasteiger partial charge is 0.321 e. The molecule has 0 fully saturated rings. The molecule has 0 aromatic heterocycles. The van der Waals surface area contributed by atoms with E-state index in [1.165, 1.54) is 0 Å². The average molecular weight is 360 g/mol. The molecular formula is C14H13BrClO2P. The van der Waals surface area contributed by atoms with Crippen LogP contribution in [0.5, 0.6) is 0 Å². The fourth-order valence-electron chi connectivity index (χ4n) is 1.72. The number of hydrogen-bond donors (Lipinski definition) is 0. The standard InChI is InChI=1S/C14H13BrClO2P/c15-10-11-18-19(17,13-4-2-1-3-5-13)14-8-6-12(16)7-9-14/h1-9H,10-11H2. The number of benzene rings is 2. The Morgan fingerprint density at radius 1 is 1.00 bits per heavy atom. The van der Waals surface area contributed by atoms with Gasteiger partial charge in [-0.1, -0.05) is 45.7 Å². The van der Waals surface area contributed by atoms with E-state index in [9.17, 15) is 4.57 Å². The molecule has 19 heavy (non-hydrogen) atoms. The Labute approximate surface area is 126 Å². The van der Waals surface area contributed by atoms with Gasteiger partial charge in [-0.2, -0.15) is 0 Å². The van der Waals surface area contributed by atoms with E-state index in [2.05, 4.69) is 15.9 Å². The molecule has 1 unspecified atom stereocenters. The zero-order chi connectivity index (χ0) is 13.7. The number of hydrogen-bond acceptors (Lipinski definition) is 2. The molecule has 0 saturated heterocycles. The SMILES string of the molecule is O=P(OCCBr)(c1ccccc1)c1ccc(Cl)cc1. The predicted octanol–water partition coefficient (Wildman–Crippen LogP) is 3.98. The third-order valence-electron chi connectivity index (χ3n) is 2.61. The fraction of sp³-hybridized carbons (Fsp3) is 0.143. The molecule has 0 heterocycles. The van der Waals surface area contributed by atoms with Crippen LogP contribution in [0.4, 0.5) is 0 Å². The van der Waals surface area contributed by atoms with E-state index < -0.39 is 7.37 Å². The highest BCUT2D eigenvalue weighted by atomic mass is 79.9. The van der Waals surface area contributed by atoms with Crippen molar-refractivity contribution in [3.05, 3.63) is 59.6 Å². The van der Waals surface area contributed by atoms with Crippen LogP contribution in [0.3, 0.4) is 0 Å². The highest BCUT2D eigenvalue weighted by molar-refractivity contribution is 9.09. The second-order valence-electron chi connectivity index (χ2n) is 3.89. The van der Waals surface area contributed by atoms with Gasteiger partial charge in [-0.15, -0.1) is 0 Å². The lowest BCUT2D eigenvalue weighted by atomic mass is 10.4. The summed E-state index contributed by atoms with van der Waals surface area (Å²) in [5.74, 6) is 0. The molecule has 0 aliphatic heterocycles. The zero-order valence-corrected chi connectivity index (χ0v) is 13.4. The van der Waals surface area contributed by atoms with Crippen molar-refractivity contribution in [2.24, 2.45) is 0 Å². The first-order valence-electron chi connectivity index (χ1n) is 5.79. The van der Waals surface area contributed by atoms with Crippen LogP contribution in [-0.4, -0.2) is 11.9 Å². The van der Waals surface area contributed by atoms with Crippen molar-refractivity contribution in [2.45, 2.75) is 0 Å². The molecule has 1 atom stereocenters. The van der Waals surface area contributed by atoms with Crippen LogP contribution in [0.25, 0.3) is 0 Å². The second kappa shape index (κ2) is 6.71. The van der Waals surface area contributed by atoms with E-state index in [0.29, 0.717) is 27.6 Å². The van der Waals surface area contributed by atoms with Crippen LogP contribution >= 0.6 is 34.9 Å². The van der Waals surface area contributed by atoms with Gasteiger partial charge in [-0.05, 0) is 36.4 Å². The van der Waals surface area contributed by atoms with Crippen LogP contribution in [-0.2, 0) is 9.09 Å². The van der Waals surface area contributed by atoms with Crippen LogP contribution in [0.15, 0.2) is 54.6 Å². The molecule has 0 N–H and O–H groups in total. The minimum absolute atomic E-state index is 0.384. The summed E-state index contributed by atoms with van der Waals surface area (Å²) in [6.45, 7) is 0.384. The van der Waals surface area contributed by atoms with Gasteiger partial charge in [0.05, 0.1) is 6.61 Å². The maximum Gasteiger partial charge on any atom is 0.261 e. The van der Waals surface area contributed by atoms with E-state index in [0.717, 1.165) is 0 Å². The molecule has 2 rings (SSSR count). The summed E-state index contributed by atoms with van der Waals surface area (Å²) in [5, 5.41) is 2.60. The Hall–Kier alpha value is -0.600. The third-order valence-corrected chi connectivity index (χ3v) is 5.69. The molecule has 100 valence electrons. The molecule has 2 aromatic carbocycles. The molecule has 0 radical (unpaired) electrons. The van der Waals surface area contributed by atoms with Crippen molar-refractivity contribution in [3.8, 4) is 0 Å². The van der Waals surface area contributed by atoms with E-state index >= 15 is 0 Å². The molecule has 0 saturated carbocycles. The Kier molecular flexibility index (Phi) is 5.23. The van der Waals surface area contributed by atoms with Crippen LogP contribution in [0.2, 0.25) is 5.02 Å². The van der Waals surface area contributed by atoms with Gasteiger partial charge in [-0.25, -0.2) is 0 Å². The molecule has 2 aromatic rings. The Morgan fingerprint density at radius 3 is 2.16 bits per heavy atom.